The zero-order chi connectivity index (χ0) is 17.9. The van der Waals surface area contributed by atoms with Crippen molar-refractivity contribution in [3.05, 3.63) is 60.2 Å². The van der Waals surface area contributed by atoms with E-state index < -0.39 is 0 Å². The molecule has 7 heteroatoms. The zero-order valence-electron chi connectivity index (χ0n) is 14.3. The Morgan fingerprint density at radius 2 is 1.96 bits per heavy atom. The number of hydrogen-bond donors (Lipinski definition) is 1. The molecule has 0 unspecified atom stereocenters. The molecular formula is C19H18N4O3. The lowest BCUT2D eigenvalue weighted by molar-refractivity contribution is 0.0950. The summed E-state index contributed by atoms with van der Waals surface area (Å²) in [7, 11) is 1.85. The maximum absolute atomic E-state index is 12.5. The maximum atomic E-state index is 12.5. The molecular weight excluding hydrogens is 332 g/mol. The average molecular weight is 350 g/mol. The van der Waals surface area contributed by atoms with Crippen molar-refractivity contribution in [1.29, 1.82) is 0 Å². The van der Waals surface area contributed by atoms with Crippen molar-refractivity contribution < 1.29 is 14.3 Å². The van der Waals surface area contributed by atoms with Crippen LogP contribution in [0.1, 0.15) is 15.9 Å². The van der Waals surface area contributed by atoms with Crippen LogP contribution in [0.5, 0.6) is 11.5 Å². The molecule has 0 saturated heterocycles. The molecule has 0 radical (unpaired) electrons. The Morgan fingerprint density at radius 3 is 2.77 bits per heavy atom. The highest BCUT2D eigenvalue weighted by atomic mass is 16.6. The topological polar surface area (TPSA) is 78.3 Å². The molecule has 1 amide bonds. The molecule has 4 rings (SSSR count). The van der Waals surface area contributed by atoms with Crippen LogP contribution in [0.3, 0.4) is 0 Å². The summed E-state index contributed by atoms with van der Waals surface area (Å²) < 4.78 is 12.8. The van der Waals surface area contributed by atoms with Crippen LogP contribution in [0.25, 0.3) is 11.1 Å². The second-order valence-corrected chi connectivity index (χ2v) is 6.03. The molecule has 132 valence electrons. The number of amides is 1. The number of nitrogens with one attached hydrogen (secondary N) is 1. The van der Waals surface area contributed by atoms with E-state index in [0.29, 0.717) is 31.1 Å². The molecule has 1 N–H and O–H groups in total. The first-order valence-corrected chi connectivity index (χ1v) is 8.30. The van der Waals surface area contributed by atoms with Crippen molar-refractivity contribution >= 4 is 5.91 Å². The Morgan fingerprint density at radius 1 is 1.12 bits per heavy atom. The van der Waals surface area contributed by atoms with E-state index in [9.17, 15) is 4.79 Å². The summed E-state index contributed by atoms with van der Waals surface area (Å²) >= 11 is 0. The van der Waals surface area contributed by atoms with Gasteiger partial charge in [-0.2, -0.15) is 5.10 Å². The van der Waals surface area contributed by atoms with Crippen LogP contribution in [0.4, 0.5) is 0 Å². The second kappa shape index (κ2) is 6.87. The van der Waals surface area contributed by atoms with Gasteiger partial charge in [0.15, 0.2) is 11.5 Å². The summed E-state index contributed by atoms with van der Waals surface area (Å²) in [4.78, 5) is 16.6. The zero-order valence-corrected chi connectivity index (χ0v) is 14.3. The van der Waals surface area contributed by atoms with Gasteiger partial charge in [0.25, 0.3) is 5.91 Å². The van der Waals surface area contributed by atoms with Gasteiger partial charge in [-0.3, -0.25) is 14.5 Å². The van der Waals surface area contributed by atoms with Gasteiger partial charge < -0.3 is 14.8 Å². The first kappa shape index (κ1) is 16.1. The first-order chi connectivity index (χ1) is 12.7. The van der Waals surface area contributed by atoms with Gasteiger partial charge in [0.1, 0.15) is 13.2 Å². The number of carbonyl (C=O) groups is 1. The van der Waals surface area contributed by atoms with Crippen LogP contribution in [-0.4, -0.2) is 33.9 Å². The number of hydrogen-bond acceptors (Lipinski definition) is 5. The van der Waals surface area contributed by atoms with Crippen molar-refractivity contribution in [3.8, 4) is 22.6 Å². The van der Waals surface area contributed by atoms with Crippen molar-refractivity contribution in [2.45, 2.75) is 6.54 Å². The van der Waals surface area contributed by atoms with Crippen molar-refractivity contribution in [2.75, 3.05) is 13.2 Å². The van der Waals surface area contributed by atoms with E-state index in [1.807, 2.05) is 37.5 Å². The fourth-order valence-corrected chi connectivity index (χ4v) is 2.77. The molecule has 3 aromatic rings. The predicted octanol–water partition coefficient (Wildman–Crippen LogP) is 2.18. The lowest BCUT2D eigenvalue weighted by atomic mass is 10.1. The molecule has 0 bridgehead atoms. The van der Waals surface area contributed by atoms with E-state index in [4.69, 9.17) is 9.47 Å². The fourth-order valence-electron chi connectivity index (χ4n) is 2.77. The third kappa shape index (κ3) is 3.37. The van der Waals surface area contributed by atoms with Crippen molar-refractivity contribution in [1.82, 2.24) is 20.1 Å². The van der Waals surface area contributed by atoms with Gasteiger partial charge in [-0.1, -0.05) is 6.07 Å². The first-order valence-electron chi connectivity index (χ1n) is 8.30. The van der Waals surface area contributed by atoms with E-state index in [0.717, 1.165) is 22.4 Å². The number of pyridine rings is 1. The number of ether oxygens (including phenoxy) is 2. The minimum absolute atomic E-state index is 0.182. The van der Waals surface area contributed by atoms with Crippen LogP contribution in [0.2, 0.25) is 0 Å². The molecule has 1 aliphatic rings. The van der Waals surface area contributed by atoms with E-state index in [1.54, 1.807) is 23.3 Å². The highest BCUT2D eigenvalue weighted by molar-refractivity contribution is 5.95. The fraction of sp³-hybridized carbons (Fsp3) is 0.211. The summed E-state index contributed by atoms with van der Waals surface area (Å²) in [6.45, 7) is 1.49. The van der Waals surface area contributed by atoms with E-state index in [-0.39, 0.29) is 5.91 Å². The summed E-state index contributed by atoms with van der Waals surface area (Å²) in [5.41, 5.74) is 3.22. The Bertz CT molecular complexity index is 951. The third-order valence-corrected chi connectivity index (χ3v) is 4.10. The Hall–Kier alpha value is -3.35. The molecule has 0 fully saturated rings. The van der Waals surface area contributed by atoms with E-state index in [1.165, 1.54) is 0 Å². The van der Waals surface area contributed by atoms with Gasteiger partial charge in [-0.05, 0) is 23.8 Å². The van der Waals surface area contributed by atoms with Crippen molar-refractivity contribution in [2.24, 2.45) is 7.05 Å². The van der Waals surface area contributed by atoms with Crippen molar-refractivity contribution in [3.63, 3.8) is 0 Å². The maximum Gasteiger partial charge on any atom is 0.253 e. The Kier molecular flexibility index (Phi) is 4.27. The SMILES string of the molecule is Cn1cc(-c2cncc(C(=O)NCc3ccc4c(c3)OCCO4)c2)cn1. The van der Waals surface area contributed by atoms with Gasteiger partial charge in [-0.25, -0.2) is 0 Å². The molecule has 1 aromatic carbocycles. The second-order valence-electron chi connectivity index (χ2n) is 6.03. The average Bonchev–Trinajstić information content (AvgIpc) is 3.12. The minimum Gasteiger partial charge on any atom is -0.486 e. The van der Waals surface area contributed by atoms with Gasteiger partial charge in [0.2, 0.25) is 0 Å². The van der Waals surface area contributed by atoms with Crippen LogP contribution in [-0.2, 0) is 13.6 Å². The van der Waals surface area contributed by atoms with Crippen LogP contribution in [0.15, 0.2) is 49.1 Å². The standard InChI is InChI=1S/C19H18N4O3/c1-23-12-16(11-22-23)14-7-15(10-20-9-14)19(24)21-8-13-2-3-17-18(6-13)26-5-4-25-17/h2-3,6-7,9-12H,4-5,8H2,1H3,(H,21,24). The summed E-state index contributed by atoms with van der Waals surface area (Å²) in [6, 6.07) is 7.47. The highest BCUT2D eigenvalue weighted by Gasteiger charge is 2.13. The number of fused-ring (bicyclic) bond motifs is 1. The smallest absolute Gasteiger partial charge is 0.253 e. The lowest BCUT2D eigenvalue weighted by Crippen LogP contribution is -2.23. The number of aryl methyl sites for hydroxylation is 1. The molecule has 3 heterocycles. The molecule has 0 saturated carbocycles. The normalized spacial score (nSPS) is 12.7. The van der Waals surface area contributed by atoms with Crippen LogP contribution in [0, 0.1) is 0 Å². The third-order valence-electron chi connectivity index (χ3n) is 4.10. The summed E-state index contributed by atoms with van der Waals surface area (Å²) in [5, 5.41) is 7.05. The highest BCUT2D eigenvalue weighted by Crippen LogP contribution is 2.30. The number of rotatable bonds is 4. The summed E-state index contributed by atoms with van der Waals surface area (Å²) in [6.07, 6.45) is 6.90. The molecule has 0 spiro atoms. The minimum atomic E-state index is -0.182. The van der Waals surface area contributed by atoms with Crippen LogP contribution < -0.4 is 14.8 Å². The van der Waals surface area contributed by atoms with Gasteiger partial charge in [0, 0.05) is 43.3 Å². The molecule has 1 aliphatic heterocycles. The Balaban J connectivity index is 1.45. The quantitative estimate of drug-likeness (QED) is 0.780. The van der Waals surface area contributed by atoms with Gasteiger partial charge in [-0.15, -0.1) is 0 Å². The molecule has 2 aromatic heterocycles. The van der Waals surface area contributed by atoms with E-state index in [2.05, 4.69) is 15.4 Å². The molecule has 0 atom stereocenters. The Labute approximate surface area is 150 Å². The molecule has 26 heavy (non-hydrogen) atoms. The predicted molar refractivity (Wildman–Crippen MR) is 95.0 cm³/mol. The number of nitrogens with zero attached hydrogens (tertiary/aromatic N) is 3. The van der Waals surface area contributed by atoms with Crippen LogP contribution >= 0.6 is 0 Å². The molecule has 0 aliphatic carbocycles. The lowest BCUT2D eigenvalue weighted by Gasteiger charge is -2.19. The van der Waals surface area contributed by atoms with Gasteiger partial charge in [0.05, 0.1) is 11.8 Å². The number of carbonyl (C=O) groups excluding carboxylic acids is 1. The molecule has 7 nitrogen and oxygen atoms in total. The monoisotopic (exact) mass is 350 g/mol. The largest absolute Gasteiger partial charge is 0.486 e. The van der Waals surface area contributed by atoms with E-state index >= 15 is 0 Å². The number of benzene rings is 1. The number of aromatic nitrogens is 3. The summed E-state index contributed by atoms with van der Waals surface area (Å²) in [5.74, 6) is 1.26. The van der Waals surface area contributed by atoms with Gasteiger partial charge >= 0.3 is 0 Å².